The van der Waals surface area contributed by atoms with Crippen molar-refractivity contribution in [3.8, 4) is 0 Å². The van der Waals surface area contributed by atoms with Gasteiger partial charge in [0.25, 0.3) is 0 Å². The number of anilines is 1. The van der Waals surface area contributed by atoms with Gasteiger partial charge in [-0.2, -0.15) is 10.2 Å². The summed E-state index contributed by atoms with van der Waals surface area (Å²) in [7, 11) is 0. The molecule has 110 valence electrons. The Morgan fingerprint density at radius 3 is 2.82 bits per heavy atom. The molecule has 1 fully saturated rings. The van der Waals surface area contributed by atoms with Crippen molar-refractivity contribution in [3.05, 3.63) is 65.9 Å². The Bertz CT molecular complexity index is 752. The SMILES string of the molecule is O=C1ONN(c2ccccc2)/C1=C1/CC(c2ccco2)N=N1. The van der Waals surface area contributed by atoms with Crippen LogP contribution in [0.4, 0.5) is 5.69 Å². The first-order valence-corrected chi connectivity index (χ1v) is 6.82. The van der Waals surface area contributed by atoms with Crippen molar-refractivity contribution in [2.24, 2.45) is 10.2 Å². The van der Waals surface area contributed by atoms with Crippen LogP contribution in [0.2, 0.25) is 0 Å². The van der Waals surface area contributed by atoms with Crippen LogP contribution >= 0.6 is 0 Å². The number of hydrogen-bond acceptors (Lipinski definition) is 7. The highest BCUT2D eigenvalue weighted by molar-refractivity contribution is 5.95. The quantitative estimate of drug-likeness (QED) is 0.862. The Balaban J connectivity index is 1.68. The van der Waals surface area contributed by atoms with E-state index < -0.39 is 5.97 Å². The zero-order valence-electron chi connectivity index (χ0n) is 11.5. The number of benzene rings is 1. The zero-order chi connectivity index (χ0) is 14.9. The minimum Gasteiger partial charge on any atom is -0.467 e. The lowest BCUT2D eigenvalue weighted by Gasteiger charge is -2.15. The van der Waals surface area contributed by atoms with E-state index in [2.05, 4.69) is 15.8 Å². The van der Waals surface area contributed by atoms with Gasteiger partial charge in [-0.3, -0.25) is 0 Å². The first-order chi connectivity index (χ1) is 10.8. The van der Waals surface area contributed by atoms with Crippen molar-refractivity contribution < 1.29 is 14.0 Å². The first-order valence-electron chi connectivity index (χ1n) is 6.82. The summed E-state index contributed by atoms with van der Waals surface area (Å²) in [6, 6.07) is 12.8. The fourth-order valence-corrected chi connectivity index (χ4v) is 2.46. The van der Waals surface area contributed by atoms with Crippen molar-refractivity contribution in [1.82, 2.24) is 5.59 Å². The van der Waals surface area contributed by atoms with E-state index in [9.17, 15) is 4.79 Å². The lowest BCUT2D eigenvalue weighted by molar-refractivity contribution is -0.140. The molecule has 7 heteroatoms. The summed E-state index contributed by atoms with van der Waals surface area (Å²) in [5.74, 6) is 0.253. The summed E-state index contributed by atoms with van der Waals surface area (Å²) < 4.78 is 5.34. The average Bonchev–Trinajstić information content (AvgIpc) is 3.27. The van der Waals surface area contributed by atoms with Crippen molar-refractivity contribution in [2.45, 2.75) is 12.5 Å². The minimum absolute atomic E-state index is 0.205. The Labute approximate surface area is 125 Å². The van der Waals surface area contributed by atoms with Gasteiger partial charge in [0.05, 0.1) is 17.6 Å². The molecule has 22 heavy (non-hydrogen) atoms. The Hall–Kier alpha value is -2.93. The predicted octanol–water partition coefficient (Wildman–Crippen LogP) is 2.87. The van der Waals surface area contributed by atoms with Crippen LogP contribution in [0.3, 0.4) is 0 Å². The lowest BCUT2D eigenvalue weighted by atomic mass is 10.1. The molecule has 0 spiro atoms. The second kappa shape index (κ2) is 5.12. The number of hydrogen-bond donors (Lipinski definition) is 1. The maximum atomic E-state index is 12.0. The summed E-state index contributed by atoms with van der Waals surface area (Å²) in [5.41, 5.74) is 4.31. The number of nitrogens with one attached hydrogen (secondary N) is 1. The van der Waals surface area contributed by atoms with Gasteiger partial charge in [-0.25, -0.2) is 9.80 Å². The van der Waals surface area contributed by atoms with Crippen LogP contribution in [0, 0.1) is 0 Å². The van der Waals surface area contributed by atoms with Crippen LogP contribution in [0.15, 0.2) is 74.8 Å². The molecular formula is C15H12N4O3. The molecule has 0 saturated carbocycles. The third kappa shape index (κ3) is 2.08. The van der Waals surface area contributed by atoms with Gasteiger partial charge >= 0.3 is 5.97 Å². The molecule has 1 aromatic carbocycles. The van der Waals surface area contributed by atoms with Crippen LogP contribution in [0.5, 0.6) is 0 Å². The van der Waals surface area contributed by atoms with Gasteiger partial charge in [0.1, 0.15) is 11.8 Å². The maximum Gasteiger partial charge on any atom is 0.378 e. The van der Waals surface area contributed by atoms with Crippen LogP contribution < -0.4 is 10.6 Å². The van der Waals surface area contributed by atoms with Crippen LogP contribution in [0.1, 0.15) is 18.2 Å². The Kier molecular flexibility index (Phi) is 2.97. The molecule has 0 bridgehead atoms. The van der Waals surface area contributed by atoms with E-state index >= 15 is 0 Å². The molecule has 4 rings (SSSR count). The second-order valence-corrected chi connectivity index (χ2v) is 4.90. The van der Waals surface area contributed by atoms with Gasteiger partial charge in [0.2, 0.25) is 0 Å². The number of para-hydroxylation sites is 1. The Morgan fingerprint density at radius 1 is 1.18 bits per heavy atom. The number of hydrazine groups is 1. The summed E-state index contributed by atoms with van der Waals surface area (Å²) in [5, 5.41) is 9.89. The number of rotatable bonds is 2. The highest BCUT2D eigenvalue weighted by Gasteiger charge is 2.35. The van der Waals surface area contributed by atoms with E-state index in [-0.39, 0.29) is 6.04 Å². The molecule has 7 nitrogen and oxygen atoms in total. The smallest absolute Gasteiger partial charge is 0.378 e. The molecule has 0 aliphatic carbocycles. The van der Waals surface area contributed by atoms with E-state index in [1.165, 1.54) is 0 Å². The molecule has 2 aliphatic heterocycles. The molecule has 2 aromatic rings. The second-order valence-electron chi connectivity index (χ2n) is 4.90. The standard InChI is InChI=1S/C15H12N4O3/c20-15-14(19(18-22-15)10-5-2-1-3-6-10)12-9-11(16-17-12)13-7-4-8-21-13/h1-8,11,18H,9H2/b14-12-. The molecule has 1 saturated heterocycles. The number of carbonyl (C=O) groups is 1. The van der Waals surface area contributed by atoms with Crippen LogP contribution in [-0.4, -0.2) is 5.97 Å². The lowest BCUT2D eigenvalue weighted by Crippen LogP contribution is -2.29. The number of nitrogens with zero attached hydrogens (tertiary/aromatic N) is 3. The molecular weight excluding hydrogens is 284 g/mol. The largest absolute Gasteiger partial charge is 0.467 e. The minimum atomic E-state index is -0.474. The van der Waals surface area contributed by atoms with Crippen LogP contribution in [-0.2, 0) is 9.63 Å². The third-order valence-corrected chi connectivity index (χ3v) is 3.51. The molecule has 0 radical (unpaired) electrons. The van der Waals surface area contributed by atoms with E-state index in [0.717, 1.165) is 11.4 Å². The van der Waals surface area contributed by atoms with E-state index in [0.29, 0.717) is 17.8 Å². The van der Waals surface area contributed by atoms with Gasteiger partial charge < -0.3 is 9.25 Å². The predicted molar refractivity (Wildman–Crippen MR) is 76.1 cm³/mol. The zero-order valence-corrected chi connectivity index (χ0v) is 11.5. The van der Waals surface area contributed by atoms with Crippen molar-refractivity contribution in [3.63, 3.8) is 0 Å². The molecule has 2 aliphatic rings. The van der Waals surface area contributed by atoms with Crippen molar-refractivity contribution in [2.75, 3.05) is 5.01 Å². The van der Waals surface area contributed by atoms with Crippen LogP contribution in [0.25, 0.3) is 0 Å². The van der Waals surface area contributed by atoms with E-state index in [1.807, 2.05) is 36.4 Å². The highest BCUT2D eigenvalue weighted by atomic mass is 16.7. The first kappa shape index (κ1) is 12.8. The number of furan rings is 1. The fourth-order valence-electron chi connectivity index (χ4n) is 2.46. The summed E-state index contributed by atoms with van der Waals surface area (Å²) >= 11 is 0. The maximum absolute atomic E-state index is 12.0. The van der Waals surface area contributed by atoms with Gasteiger partial charge in [-0.1, -0.05) is 23.8 Å². The van der Waals surface area contributed by atoms with Gasteiger partial charge in [-0.05, 0) is 24.3 Å². The average molecular weight is 296 g/mol. The summed E-state index contributed by atoms with van der Waals surface area (Å²) in [6.07, 6.45) is 2.08. The third-order valence-electron chi connectivity index (χ3n) is 3.51. The van der Waals surface area contributed by atoms with E-state index in [1.54, 1.807) is 17.3 Å². The monoisotopic (exact) mass is 296 g/mol. The summed E-state index contributed by atoms with van der Waals surface area (Å²) in [4.78, 5) is 17.0. The topological polar surface area (TPSA) is 79.4 Å². The number of azo groups is 1. The molecule has 1 unspecified atom stereocenters. The van der Waals surface area contributed by atoms with Gasteiger partial charge in [0, 0.05) is 6.42 Å². The molecule has 1 N–H and O–H groups in total. The molecule has 0 amide bonds. The molecule has 1 atom stereocenters. The van der Waals surface area contributed by atoms with Gasteiger partial charge in [0.15, 0.2) is 5.70 Å². The molecule has 1 aromatic heterocycles. The fraction of sp³-hybridized carbons (Fsp3) is 0.133. The van der Waals surface area contributed by atoms with E-state index in [4.69, 9.17) is 9.25 Å². The normalized spacial score (nSPS) is 24.1. The number of carbonyl (C=O) groups excluding carboxylic acids is 1. The molecule has 3 heterocycles. The summed E-state index contributed by atoms with van der Waals surface area (Å²) in [6.45, 7) is 0. The Morgan fingerprint density at radius 2 is 2.05 bits per heavy atom. The highest BCUT2D eigenvalue weighted by Crippen LogP contribution is 2.36. The van der Waals surface area contributed by atoms with Crippen molar-refractivity contribution in [1.29, 1.82) is 0 Å². The van der Waals surface area contributed by atoms with Crippen molar-refractivity contribution >= 4 is 11.7 Å². The van der Waals surface area contributed by atoms with Gasteiger partial charge in [-0.15, -0.1) is 0 Å².